The Morgan fingerprint density at radius 2 is 1.76 bits per heavy atom. The van der Waals surface area contributed by atoms with Gasteiger partial charge in [0.25, 0.3) is 11.5 Å². The van der Waals surface area contributed by atoms with E-state index in [2.05, 4.69) is 10.4 Å². The van der Waals surface area contributed by atoms with E-state index in [-0.39, 0.29) is 0 Å². The monoisotopic (exact) mass is 414 g/mol. The SMILES string of the molecule is Cn1c(=O)c(C(=O)Nc2ccc3c(c2)OCCO3)nn(-c2ccc(Cl)cc2)c1=O. The van der Waals surface area contributed by atoms with E-state index < -0.39 is 22.9 Å². The van der Waals surface area contributed by atoms with Crippen molar-refractivity contribution in [2.45, 2.75) is 0 Å². The van der Waals surface area contributed by atoms with Crippen LogP contribution in [-0.4, -0.2) is 33.5 Å². The number of ether oxygens (including phenoxy) is 2. The molecule has 0 saturated heterocycles. The lowest BCUT2D eigenvalue weighted by Gasteiger charge is -2.19. The van der Waals surface area contributed by atoms with Crippen LogP contribution in [0.4, 0.5) is 5.69 Å². The van der Waals surface area contributed by atoms with E-state index in [0.717, 1.165) is 9.25 Å². The maximum atomic E-state index is 12.7. The molecule has 0 fully saturated rings. The Kier molecular flexibility index (Phi) is 4.81. The average Bonchev–Trinajstić information content (AvgIpc) is 2.73. The number of rotatable bonds is 3. The Morgan fingerprint density at radius 3 is 2.48 bits per heavy atom. The standard InChI is InChI=1S/C19H15ClN4O5/c1-23-18(26)16(22-24(19(23)27)13-5-2-11(20)3-6-13)17(25)21-12-4-7-14-15(10-12)29-9-8-28-14/h2-7,10H,8-9H2,1H3,(H,21,25). The fourth-order valence-electron chi connectivity index (χ4n) is 2.78. The van der Waals surface area contributed by atoms with Crippen LogP contribution in [0.25, 0.3) is 5.69 Å². The summed E-state index contributed by atoms with van der Waals surface area (Å²) < 4.78 is 12.7. The number of halogens is 1. The summed E-state index contributed by atoms with van der Waals surface area (Å²) >= 11 is 5.87. The molecule has 0 unspecified atom stereocenters. The van der Waals surface area contributed by atoms with Crippen molar-refractivity contribution in [1.29, 1.82) is 0 Å². The van der Waals surface area contributed by atoms with E-state index in [1.54, 1.807) is 42.5 Å². The number of aromatic nitrogens is 3. The van der Waals surface area contributed by atoms with Crippen LogP contribution in [0.3, 0.4) is 0 Å². The van der Waals surface area contributed by atoms with E-state index in [9.17, 15) is 14.4 Å². The molecule has 0 atom stereocenters. The number of anilines is 1. The van der Waals surface area contributed by atoms with Gasteiger partial charge in [-0.25, -0.2) is 4.79 Å². The molecule has 1 aromatic heterocycles. The van der Waals surface area contributed by atoms with Crippen LogP contribution in [0, 0.1) is 0 Å². The predicted molar refractivity (Wildman–Crippen MR) is 105 cm³/mol. The van der Waals surface area contributed by atoms with Gasteiger partial charge >= 0.3 is 5.69 Å². The van der Waals surface area contributed by atoms with Crippen LogP contribution in [0.15, 0.2) is 52.1 Å². The summed E-state index contributed by atoms with van der Waals surface area (Å²) in [5.74, 6) is 0.297. The van der Waals surface area contributed by atoms with Gasteiger partial charge < -0.3 is 14.8 Å². The highest BCUT2D eigenvalue weighted by Gasteiger charge is 2.20. The number of amides is 1. The lowest BCUT2D eigenvalue weighted by Crippen LogP contribution is -2.43. The van der Waals surface area contributed by atoms with Gasteiger partial charge in [0.05, 0.1) is 5.69 Å². The largest absolute Gasteiger partial charge is 0.486 e. The number of carbonyl (C=O) groups is 1. The summed E-state index contributed by atoms with van der Waals surface area (Å²) in [7, 11) is 1.28. The van der Waals surface area contributed by atoms with E-state index in [4.69, 9.17) is 21.1 Å². The highest BCUT2D eigenvalue weighted by molar-refractivity contribution is 6.30. The minimum absolute atomic E-state index is 0.364. The zero-order chi connectivity index (χ0) is 20.5. The Labute approximate surface area is 169 Å². The third-order valence-electron chi connectivity index (χ3n) is 4.26. The maximum absolute atomic E-state index is 12.7. The van der Waals surface area contributed by atoms with Crippen molar-refractivity contribution >= 4 is 23.2 Å². The molecule has 2 heterocycles. The van der Waals surface area contributed by atoms with Gasteiger partial charge in [-0.1, -0.05) is 11.6 Å². The normalized spacial score (nSPS) is 12.5. The summed E-state index contributed by atoms with van der Waals surface area (Å²) in [5.41, 5.74) is -1.17. The summed E-state index contributed by atoms with van der Waals surface area (Å²) in [4.78, 5) is 37.6. The van der Waals surface area contributed by atoms with Crippen LogP contribution in [0.1, 0.15) is 10.5 Å². The molecule has 0 bridgehead atoms. The quantitative estimate of drug-likeness (QED) is 0.698. The van der Waals surface area contributed by atoms with Crippen LogP contribution < -0.4 is 26.0 Å². The Balaban J connectivity index is 1.70. The average molecular weight is 415 g/mol. The van der Waals surface area contributed by atoms with Gasteiger partial charge in [0.2, 0.25) is 5.69 Å². The summed E-state index contributed by atoms with van der Waals surface area (Å²) in [6.07, 6.45) is 0. The zero-order valence-electron chi connectivity index (χ0n) is 15.2. The van der Waals surface area contributed by atoms with E-state index in [0.29, 0.717) is 41.1 Å². The van der Waals surface area contributed by atoms with Crippen molar-refractivity contribution < 1.29 is 14.3 Å². The molecule has 2 aromatic carbocycles. The van der Waals surface area contributed by atoms with E-state index >= 15 is 0 Å². The van der Waals surface area contributed by atoms with Gasteiger partial charge in [0.15, 0.2) is 11.5 Å². The first-order chi connectivity index (χ1) is 13.9. The minimum Gasteiger partial charge on any atom is -0.486 e. The molecule has 0 radical (unpaired) electrons. The Bertz CT molecular complexity index is 1220. The summed E-state index contributed by atoms with van der Waals surface area (Å²) in [6.45, 7) is 0.851. The van der Waals surface area contributed by atoms with Crippen molar-refractivity contribution in [3.63, 3.8) is 0 Å². The maximum Gasteiger partial charge on any atom is 0.351 e. The third kappa shape index (κ3) is 3.59. The topological polar surface area (TPSA) is 104 Å². The van der Waals surface area contributed by atoms with E-state index in [1.807, 2.05) is 0 Å². The van der Waals surface area contributed by atoms with Gasteiger partial charge in [-0.2, -0.15) is 9.78 Å². The molecule has 148 valence electrons. The lowest BCUT2D eigenvalue weighted by atomic mass is 10.2. The molecule has 29 heavy (non-hydrogen) atoms. The van der Waals surface area contributed by atoms with E-state index in [1.165, 1.54) is 7.05 Å². The lowest BCUT2D eigenvalue weighted by molar-refractivity contribution is 0.101. The van der Waals surface area contributed by atoms with Crippen LogP contribution in [-0.2, 0) is 7.05 Å². The molecule has 4 rings (SSSR count). The molecule has 3 aromatic rings. The molecule has 0 saturated carbocycles. The number of fused-ring (bicyclic) bond motifs is 1. The molecular formula is C19H15ClN4O5. The first-order valence-corrected chi connectivity index (χ1v) is 8.99. The highest BCUT2D eigenvalue weighted by atomic mass is 35.5. The summed E-state index contributed by atoms with van der Waals surface area (Å²) in [6, 6.07) is 11.1. The molecule has 9 nitrogen and oxygen atoms in total. The third-order valence-corrected chi connectivity index (χ3v) is 4.51. The number of hydrogen-bond donors (Lipinski definition) is 1. The molecule has 1 N–H and O–H groups in total. The molecule has 0 spiro atoms. The van der Waals surface area contributed by atoms with Gasteiger partial charge in [0, 0.05) is 23.8 Å². The van der Waals surface area contributed by atoms with Crippen molar-refractivity contribution in [3.8, 4) is 17.2 Å². The first kappa shape index (κ1) is 18.8. The van der Waals surface area contributed by atoms with Gasteiger partial charge in [0.1, 0.15) is 13.2 Å². The van der Waals surface area contributed by atoms with Gasteiger partial charge in [-0.15, -0.1) is 0 Å². The molecule has 1 aliphatic rings. The first-order valence-electron chi connectivity index (χ1n) is 8.61. The van der Waals surface area contributed by atoms with Crippen LogP contribution in [0.2, 0.25) is 5.02 Å². The summed E-state index contributed by atoms with van der Waals surface area (Å²) in [5, 5.41) is 7.05. The molecule has 10 heteroatoms. The van der Waals surface area contributed by atoms with Crippen LogP contribution >= 0.6 is 11.6 Å². The number of carbonyl (C=O) groups excluding carboxylic acids is 1. The molecule has 0 aliphatic carbocycles. The van der Waals surface area contributed by atoms with Gasteiger partial charge in [-0.05, 0) is 36.4 Å². The second-order valence-corrected chi connectivity index (χ2v) is 6.63. The van der Waals surface area contributed by atoms with Gasteiger partial charge in [-0.3, -0.25) is 14.2 Å². The smallest absolute Gasteiger partial charge is 0.351 e. The van der Waals surface area contributed by atoms with Crippen LogP contribution in [0.5, 0.6) is 11.5 Å². The number of nitrogens with zero attached hydrogens (tertiary/aromatic N) is 3. The number of hydrogen-bond acceptors (Lipinski definition) is 6. The number of benzene rings is 2. The second-order valence-electron chi connectivity index (χ2n) is 6.20. The highest BCUT2D eigenvalue weighted by Crippen LogP contribution is 2.32. The van der Waals surface area contributed by atoms with Crippen molar-refractivity contribution in [2.24, 2.45) is 7.05 Å². The van der Waals surface area contributed by atoms with Crippen molar-refractivity contribution in [3.05, 3.63) is 74.0 Å². The Hall–Kier alpha value is -3.59. The fourth-order valence-corrected chi connectivity index (χ4v) is 2.90. The number of nitrogens with one attached hydrogen (secondary N) is 1. The molecule has 1 amide bonds. The molecular weight excluding hydrogens is 400 g/mol. The Morgan fingerprint density at radius 1 is 1.07 bits per heavy atom. The fraction of sp³-hybridized carbons (Fsp3) is 0.158. The molecule has 1 aliphatic heterocycles. The zero-order valence-corrected chi connectivity index (χ0v) is 16.0. The van der Waals surface area contributed by atoms with Crippen molar-refractivity contribution in [1.82, 2.24) is 14.3 Å². The minimum atomic E-state index is -0.810. The predicted octanol–water partition coefficient (Wildman–Crippen LogP) is 1.61. The second kappa shape index (κ2) is 7.44. The van der Waals surface area contributed by atoms with Crippen molar-refractivity contribution in [2.75, 3.05) is 18.5 Å².